The molecule has 105 heavy (non-hydrogen) atoms. The molecule has 0 aromatic heterocycles. The molecule has 2 aliphatic heterocycles. The van der Waals surface area contributed by atoms with Crippen molar-refractivity contribution in [2.45, 2.75) is 280 Å². The Labute approximate surface area is 620 Å². The third kappa shape index (κ3) is 27.7. The summed E-state index contributed by atoms with van der Waals surface area (Å²) in [5, 5.41) is 43.2. The number of rotatable bonds is 33. The number of carbonyl (C=O) groups excluding carboxylic acids is 14. The average Bonchev–Trinajstić information content (AvgIpc) is 1.79. The van der Waals surface area contributed by atoms with Crippen molar-refractivity contribution < 1.29 is 77.0 Å². The van der Waals surface area contributed by atoms with Crippen molar-refractivity contribution in [2.75, 3.05) is 13.1 Å². The van der Waals surface area contributed by atoms with Crippen molar-refractivity contribution >= 4 is 82.8 Å². The van der Waals surface area contributed by atoms with Gasteiger partial charge in [0.2, 0.25) is 70.9 Å². The first kappa shape index (κ1) is 90.7. The minimum absolute atomic E-state index is 0.0355. The quantitative estimate of drug-likeness (QED) is 0.0353. The van der Waals surface area contributed by atoms with Crippen LogP contribution in [0.15, 0.2) is 42.1 Å². The van der Waals surface area contributed by atoms with Crippen LogP contribution < -0.4 is 69.5 Å². The summed E-state index contributed by atoms with van der Waals surface area (Å²) < 4.78 is 5.96. The minimum atomic E-state index is -1.83. The number of ether oxygens (including phenoxy) is 1. The normalized spacial score (nSPS) is 22.6. The number of nitrogens with two attached hydrogens (primary N) is 1. The number of esters is 1. The molecule has 590 valence electrons. The van der Waals surface area contributed by atoms with Gasteiger partial charge in [0.15, 0.2) is 0 Å². The van der Waals surface area contributed by atoms with Crippen LogP contribution in [0.1, 0.15) is 195 Å². The highest BCUT2D eigenvalue weighted by atomic mass is 16.5. The van der Waals surface area contributed by atoms with Crippen molar-refractivity contribution in [3.63, 3.8) is 0 Å². The number of likely N-dealkylation sites (tertiary alicyclic amines) is 1. The Balaban J connectivity index is 2.00. The van der Waals surface area contributed by atoms with Crippen molar-refractivity contribution in [1.29, 1.82) is 0 Å². The Bertz CT molecular complexity index is 3160. The van der Waals surface area contributed by atoms with E-state index in [1.54, 1.807) is 127 Å². The molecule has 0 bridgehead atoms. The van der Waals surface area contributed by atoms with Gasteiger partial charge in [-0.3, -0.25) is 62.3 Å². The minimum Gasteiger partial charge on any atom is -0.458 e. The Morgan fingerprint density at radius 3 is 1.69 bits per heavy atom. The number of aliphatic hydroxyl groups excluding tert-OH is 1. The molecule has 2 fully saturated rings. The number of benzene rings is 1. The lowest BCUT2D eigenvalue weighted by Gasteiger charge is -2.33. The zero-order chi connectivity index (χ0) is 79.4. The summed E-state index contributed by atoms with van der Waals surface area (Å²) in [5.41, 5.74) is 6.34. The standard InChI is InChI=1S/C75H124N14O16/c1-20-44(16)59(71(100)88-62-47(19)105-75(104)58(43(14)15)84-63(92)49(22-3)77-65(94)51(37-48-30-24-23-25-31-48)79-67(96)55(40(8)9)81-70(99)60(45(17)21-2)86-73(62)102)85-64(93)50(32-27-35-76)78-66(95)52-33-28-36-89(52)74(103)57(42(12)13)83-69(98)56(41(10)11)82-72(101)61(46(18)90)87-68(97)54(39(6)7)80-53(91)34-26-29-38(4)5/h22-25,30-31,38-47,50-52,54-62,90H,20-21,26-29,32-37,76H2,1-19H3,(H,77,94)(H,78,95)(H,79,96)(H,80,91)(H,81,99)(H,82,101)(H,83,98)(H,84,92)(H,85,93)(H,86,102)(H,87,97)(H,88,100)/t44?,45?,46?,47?,50-,51-,52+,54+,55+,56+,57-,58-,59+,60+,61-,62+/m0/s1. The molecule has 2 heterocycles. The van der Waals surface area contributed by atoms with E-state index >= 15 is 9.59 Å². The topological polar surface area (TPSA) is 442 Å². The maximum Gasteiger partial charge on any atom is 0.329 e. The fraction of sp³-hybridized carbons (Fsp3) is 0.707. The Hall–Kier alpha value is -8.54. The van der Waals surface area contributed by atoms with Crippen LogP contribution in [0, 0.1) is 47.3 Å². The van der Waals surface area contributed by atoms with Gasteiger partial charge in [0.05, 0.1) is 6.10 Å². The second-order valence-electron chi connectivity index (χ2n) is 30.2. The van der Waals surface area contributed by atoms with Gasteiger partial charge in [-0.2, -0.15) is 0 Å². The van der Waals surface area contributed by atoms with Gasteiger partial charge in [-0.25, -0.2) is 4.79 Å². The molecule has 2 aliphatic rings. The van der Waals surface area contributed by atoms with E-state index in [0.29, 0.717) is 30.7 Å². The number of nitrogens with zero attached hydrogens (tertiary/aromatic N) is 1. The highest BCUT2D eigenvalue weighted by Gasteiger charge is 2.44. The van der Waals surface area contributed by atoms with E-state index in [1.165, 1.54) is 31.7 Å². The second-order valence-corrected chi connectivity index (χ2v) is 30.2. The van der Waals surface area contributed by atoms with Gasteiger partial charge >= 0.3 is 5.97 Å². The fourth-order valence-electron chi connectivity index (χ4n) is 12.1. The molecule has 3 rings (SSSR count). The van der Waals surface area contributed by atoms with E-state index < -0.39 is 203 Å². The van der Waals surface area contributed by atoms with Crippen LogP contribution in [0.5, 0.6) is 0 Å². The molecule has 0 spiro atoms. The molecule has 13 amide bonds. The molecule has 0 radical (unpaired) electrons. The summed E-state index contributed by atoms with van der Waals surface area (Å²) in [5.74, 6) is -15.1. The molecule has 1 aromatic rings. The van der Waals surface area contributed by atoms with Gasteiger partial charge in [-0.15, -0.1) is 0 Å². The summed E-state index contributed by atoms with van der Waals surface area (Å²) in [6, 6.07) is -7.67. The lowest BCUT2D eigenvalue weighted by molar-refractivity contribution is -0.157. The molecule has 30 nitrogen and oxygen atoms in total. The first-order valence-electron chi connectivity index (χ1n) is 37.5. The predicted octanol–water partition coefficient (Wildman–Crippen LogP) is 1.84. The third-order valence-electron chi connectivity index (χ3n) is 19.3. The smallest absolute Gasteiger partial charge is 0.329 e. The van der Waals surface area contributed by atoms with Crippen molar-refractivity contribution in [3.05, 3.63) is 47.7 Å². The molecule has 4 unspecified atom stereocenters. The molecule has 16 atom stereocenters. The van der Waals surface area contributed by atoms with Crippen LogP contribution in [0.4, 0.5) is 0 Å². The number of cyclic esters (lactones) is 1. The lowest BCUT2D eigenvalue weighted by Crippen LogP contribution is -2.64. The number of carbonyl (C=O) groups is 14. The summed E-state index contributed by atoms with van der Waals surface area (Å²) in [6.07, 6.45) is 1.02. The van der Waals surface area contributed by atoms with E-state index in [0.717, 1.165) is 6.42 Å². The van der Waals surface area contributed by atoms with E-state index in [9.17, 15) is 62.6 Å². The lowest BCUT2D eigenvalue weighted by atomic mass is 9.95. The Kier molecular flexibility index (Phi) is 37.8. The van der Waals surface area contributed by atoms with Crippen LogP contribution in [0.2, 0.25) is 0 Å². The van der Waals surface area contributed by atoms with Crippen LogP contribution in [0.25, 0.3) is 0 Å². The maximum atomic E-state index is 15.0. The number of allylic oxidation sites excluding steroid dienone is 1. The van der Waals surface area contributed by atoms with Crippen LogP contribution in [-0.4, -0.2) is 191 Å². The SMILES string of the molecule is CC=C1NC(=O)[C@H](Cc2ccccc2)NC(=O)[C@@H](C(C)C)NC(=O)[C@@H](C(C)CC)NC(=O)[C@H](NC(=O)[C@H](NC(=O)[C@H](CCCN)NC(=O)[C@H]2CCCN2C(=O)[C@@H](NC(=O)[C@H](NC(=O)[C@@H](NC(=O)[C@H](NC(=O)CCCC(C)C)C(C)C)C(C)O)C(C)C)C(C)C)C(C)CC)C(C)OC(=O)[C@H](C(C)C)NC1=O. The summed E-state index contributed by atoms with van der Waals surface area (Å²) in [6.45, 7) is 31.8. The second kappa shape index (κ2) is 43.8. The van der Waals surface area contributed by atoms with Crippen molar-refractivity contribution in [2.24, 2.45) is 53.1 Å². The van der Waals surface area contributed by atoms with Crippen LogP contribution in [0.3, 0.4) is 0 Å². The molecular weight excluding hydrogens is 1350 g/mol. The third-order valence-corrected chi connectivity index (χ3v) is 19.3. The van der Waals surface area contributed by atoms with E-state index in [2.05, 4.69) is 63.8 Å². The summed E-state index contributed by atoms with van der Waals surface area (Å²) >= 11 is 0. The molecule has 1 aromatic carbocycles. The summed E-state index contributed by atoms with van der Waals surface area (Å²) in [7, 11) is 0. The largest absolute Gasteiger partial charge is 0.458 e. The molecule has 0 aliphatic carbocycles. The average molecular weight is 1480 g/mol. The van der Waals surface area contributed by atoms with Gasteiger partial charge in [-0.05, 0) is 112 Å². The van der Waals surface area contributed by atoms with E-state index in [1.807, 2.05) is 13.8 Å². The van der Waals surface area contributed by atoms with Gasteiger partial charge < -0.3 is 84.3 Å². The molecule has 30 heteroatoms. The summed E-state index contributed by atoms with van der Waals surface area (Å²) in [4.78, 5) is 202. The van der Waals surface area contributed by atoms with E-state index in [-0.39, 0.29) is 63.2 Å². The Morgan fingerprint density at radius 2 is 1.15 bits per heavy atom. The zero-order valence-electron chi connectivity index (χ0n) is 65.2. The van der Waals surface area contributed by atoms with Gasteiger partial charge in [0.1, 0.15) is 84.3 Å². The van der Waals surface area contributed by atoms with Gasteiger partial charge in [0.25, 0.3) is 5.91 Å². The highest BCUT2D eigenvalue weighted by molar-refractivity contribution is 6.03. The Morgan fingerprint density at radius 1 is 0.610 bits per heavy atom. The number of hydrogen-bond acceptors (Lipinski definition) is 17. The van der Waals surface area contributed by atoms with E-state index in [4.69, 9.17) is 10.5 Å². The molecule has 0 saturated carbocycles. The zero-order valence-corrected chi connectivity index (χ0v) is 65.2. The molecule has 2 saturated heterocycles. The number of aliphatic hydroxyl groups is 1. The highest BCUT2D eigenvalue weighted by Crippen LogP contribution is 2.23. The van der Waals surface area contributed by atoms with Gasteiger partial charge in [-0.1, -0.05) is 166 Å². The number of amides is 13. The molecular formula is C75H124N14O16. The molecule has 15 N–H and O–H groups in total. The predicted molar refractivity (Wildman–Crippen MR) is 395 cm³/mol. The van der Waals surface area contributed by atoms with Crippen LogP contribution >= 0.6 is 0 Å². The number of hydrogen-bond donors (Lipinski definition) is 14. The van der Waals surface area contributed by atoms with Crippen LogP contribution in [-0.2, 0) is 78.3 Å². The fourth-order valence-corrected chi connectivity index (χ4v) is 12.1. The first-order valence-corrected chi connectivity index (χ1v) is 37.5. The van der Waals surface area contributed by atoms with Crippen molar-refractivity contribution in [3.8, 4) is 0 Å². The monoisotopic (exact) mass is 1480 g/mol. The van der Waals surface area contributed by atoms with Gasteiger partial charge in [0, 0.05) is 19.4 Å². The van der Waals surface area contributed by atoms with Crippen molar-refractivity contribution in [1.82, 2.24) is 68.7 Å². The number of nitrogens with one attached hydrogen (secondary N) is 12. The maximum absolute atomic E-state index is 15.0. The first-order chi connectivity index (χ1) is 49.2.